The second-order valence-corrected chi connectivity index (χ2v) is 9.16. The highest BCUT2D eigenvalue weighted by Gasteiger charge is 2.48. The molecule has 5 N–H and O–H groups in total. The summed E-state index contributed by atoms with van der Waals surface area (Å²) in [7, 11) is 1.10. The lowest BCUT2D eigenvalue weighted by atomic mass is 9.85. The first-order valence-electron chi connectivity index (χ1n) is 10.4. The van der Waals surface area contributed by atoms with E-state index in [1.165, 1.54) is 12.1 Å². The molecule has 0 fully saturated rings. The molecule has 1 aromatic carbocycles. The van der Waals surface area contributed by atoms with Crippen LogP contribution in [-0.2, 0) is 19.7 Å². The molecule has 2 atom stereocenters. The Morgan fingerprint density at radius 1 is 1.26 bits per heavy atom. The predicted octanol–water partition coefficient (Wildman–Crippen LogP) is 3.06. The van der Waals surface area contributed by atoms with E-state index in [0.717, 1.165) is 13.2 Å². The van der Waals surface area contributed by atoms with Crippen molar-refractivity contribution in [1.29, 1.82) is 0 Å². The fourth-order valence-corrected chi connectivity index (χ4v) is 3.81. The number of esters is 1. The van der Waals surface area contributed by atoms with Crippen LogP contribution >= 0.6 is 11.6 Å². The Labute approximate surface area is 200 Å². The van der Waals surface area contributed by atoms with Gasteiger partial charge < -0.3 is 26.3 Å². The molecule has 0 saturated heterocycles. The zero-order chi connectivity index (χ0) is 25.8. The maximum absolute atomic E-state index is 13.8. The van der Waals surface area contributed by atoms with E-state index in [2.05, 4.69) is 15.0 Å². The Balaban J connectivity index is 2.39. The quantitative estimate of drug-likeness (QED) is 0.226. The first-order valence-corrected chi connectivity index (χ1v) is 10.8. The molecule has 1 aromatic rings. The number of nitrogens with two attached hydrogens (primary N) is 2. The fraction of sp³-hybridized carbons (Fsp3) is 0.500. The first kappa shape index (κ1) is 27.3. The number of amides is 1. The number of rotatable bonds is 7. The summed E-state index contributed by atoms with van der Waals surface area (Å²) < 4.78 is 51.4. The lowest BCUT2D eigenvalue weighted by Gasteiger charge is -2.31. The zero-order valence-corrected chi connectivity index (χ0v) is 20.0. The number of hydrogen-bond donors (Lipinski definition) is 3. The molecule has 8 nitrogen and oxygen atoms in total. The molecular formula is C22H28ClF3N4O4. The largest absolute Gasteiger partial charge is 0.475 e. The summed E-state index contributed by atoms with van der Waals surface area (Å²) in [6.45, 7) is 5.74. The maximum Gasteiger partial charge on any atom is 0.429 e. The number of benzene rings is 1. The highest BCUT2D eigenvalue weighted by molar-refractivity contribution is 6.31. The van der Waals surface area contributed by atoms with Crippen molar-refractivity contribution in [1.82, 2.24) is 5.32 Å². The second-order valence-electron chi connectivity index (χ2n) is 8.76. The number of ether oxygens (including phenoxy) is 2. The van der Waals surface area contributed by atoms with Crippen molar-refractivity contribution in [3.8, 4) is 5.75 Å². The molecule has 0 bridgehead atoms. The highest BCUT2D eigenvalue weighted by Crippen LogP contribution is 2.42. The van der Waals surface area contributed by atoms with E-state index in [1.54, 1.807) is 0 Å². The molecule has 188 valence electrons. The normalized spacial score (nSPS) is 16.5. The number of nitrogens with zero attached hydrogens (tertiary/aromatic N) is 1. The van der Waals surface area contributed by atoms with Crippen molar-refractivity contribution in [3.05, 3.63) is 33.9 Å². The van der Waals surface area contributed by atoms with Crippen molar-refractivity contribution in [2.24, 2.45) is 16.5 Å². The number of guanidine groups is 1. The van der Waals surface area contributed by atoms with Crippen LogP contribution in [0.3, 0.4) is 0 Å². The summed E-state index contributed by atoms with van der Waals surface area (Å²) >= 11 is 6.34. The van der Waals surface area contributed by atoms with Gasteiger partial charge in [0.15, 0.2) is 5.96 Å². The van der Waals surface area contributed by atoms with Gasteiger partial charge in [-0.05, 0) is 42.0 Å². The lowest BCUT2D eigenvalue weighted by Crippen LogP contribution is -2.48. The minimum Gasteiger partial charge on any atom is -0.475 e. The van der Waals surface area contributed by atoms with Crippen LogP contribution in [0.4, 0.5) is 13.2 Å². The number of carbonyl (C=O) groups excluding carboxylic acids is 2. The Kier molecular flexibility index (Phi) is 8.46. The minimum absolute atomic E-state index is 0.0391. The van der Waals surface area contributed by atoms with Gasteiger partial charge in [-0.15, -0.1) is 0 Å². The summed E-state index contributed by atoms with van der Waals surface area (Å²) in [5.41, 5.74) is 10.1. The smallest absolute Gasteiger partial charge is 0.429 e. The molecule has 1 amide bonds. The molecule has 1 aliphatic heterocycles. The van der Waals surface area contributed by atoms with Crippen LogP contribution in [0.2, 0.25) is 5.02 Å². The van der Waals surface area contributed by atoms with Gasteiger partial charge in [-0.1, -0.05) is 32.4 Å². The number of alkyl halides is 3. The second kappa shape index (κ2) is 10.5. The van der Waals surface area contributed by atoms with Crippen molar-refractivity contribution in [2.45, 2.75) is 57.3 Å². The third-order valence-electron chi connectivity index (χ3n) is 5.04. The van der Waals surface area contributed by atoms with E-state index < -0.39 is 41.2 Å². The van der Waals surface area contributed by atoms with Crippen LogP contribution < -0.4 is 21.5 Å². The summed E-state index contributed by atoms with van der Waals surface area (Å²) in [5, 5.41) is 2.63. The van der Waals surface area contributed by atoms with E-state index in [4.69, 9.17) is 27.8 Å². The van der Waals surface area contributed by atoms with Crippen LogP contribution in [0.15, 0.2) is 22.7 Å². The first-order chi connectivity index (χ1) is 15.6. The van der Waals surface area contributed by atoms with Crippen LogP contribution in [0, 0.1) is 0 Å². The maximum atomic E-state index is 13.8. The lowest BCUT2D eigenvalue weighted by molar-refractivity contribution is -0.185. The highest BCUT2D eigenvalue weighted by atomic mass is 35.5. The molecule has 0 aliphatic carbocycles. The standard InChI is InChI=1S/C22H28ClF3N4O4/c1-21(2,3)13-10-16-11(9-14(13)23)8-12(17(34-16)22(24,25)26)18(31)30-15(19(32)33-4)6-5-7-29-20(27)28/h8-10,15,17H,5-7H2,1-4H3,(H,30,31)(H4,27,28,29)/t15-,17-/m0/s1. The average Bonchev–Trinajstić information content (AvgIpc) is 2.72. The molecule has 0 saturated carbocycles. The molecule has 1 heterocycles. The van der Waals surface area contributed by atoms with Gasteiger partial charge in [-0.2, -0.15) is 13.2 Å². The molecule has 0 spiro atoms. The van der Waals surface area contributed by atoms with E-state index in [9.17, 15) is 22.8 Å². The van der Waals surface area contributed by atoms with Crippen molar-refractivity contribution in [2.75, 3.05) is 13.7 Å². The van der Waals surface area contributed by atoms with Crippen LogP contribution in [0.1, 0.15) is 44.7 Å². The number of nitrogens with one attached hydrogen (secondary N) is 1. The van der Waals surface area contributed by atoms with Gasteiger partial charge in [-0.3, -0.25) is 9.79 Å². The van der Waals surface area contributed by atoms with Gasteiger partial charge in [0.1, 0.15) is 11.8 Å². The van der Waals surface area contributed by atoms with Crippen molar-refractivity contribution in [3.63, 3.8) is 0 Å². The Bertz CT molecular complexity index is 999. The monoisotopic (exact) mass is 504 g/mol. The Hall–Kier alpha value is -2.95. The number of aliphatic imine (C=N–C) groups is 1. The number of methoxy groups -OCH3 is 1. The van der Waals surface area contributed by atoms with Gasteiger partial charge in [0.2, 0.25) is 6.10 Å². The molecular weight excluding hydrogens is 477 g/mol. The van der Waals surface area contributed by atoms with Gasteiger partial charge in [0.25, 0.3) is 5.91 Å². The number of hydrogen-bond acceptors (Lipinski definition) is 5. The van der Waals surface area contributed by atoms with Crippen LogP contribution in [0.25, 0.3) is 6.08 Å². The summed E-state index contributed by atoms with van der Waals surface area (Å²) in [6, 6.07) is 1.68. The molecule has 1 aliphatic rings. The van der Waals surface area contributed by atoms with Gasteiger partial charge in [-0.25, -0.2) is 4.79 Å². The molecule has 2 rings (SSSR count). The fourth-order valence-electron chi connectivity index (χ4n) is 3.36. The van der Waals surface area contributed by atoms with E-state index in [0.29, 0.717) is 10.6 Å². The molecule has 12 heteroatoms. The SMILES string of the molecule is COC(=O)[C@H](CCCN=C(N)N)NC(=O)C1=Cc2cc(Cl)c(C(C)(C)C)cc2O[C@@H]1C(F)(F)F. The summed E-state index contributed by atoms with van der Waals surface area (Å²) in [6.07, 6.45) is -6.05. The topological polar surface area (TPSA) is 129 Å². The minimum atomic E-state index is -4.89. The number of carbonyl (C=O) groups is 2. The van der Waals surface area contributed by atoms with E-state index in [-0.39, 0.29) is 36.7 Å². The third-order valence-corrected chi connectivity index (χ3v) is 5.35. The van der Waals surface area contributed by atoms with Gasteiger partial charge in [0.05, 0.1) is 12.7 Å². The van der Waals surface area contributed by atoms with Gasteiger partial charge >= 0.3 is 12.1 Å². The van der Waals surface area contributed by atoms with E-state index in [1.807, 2.05) is 20.8 Å². The molecule has 34 heavy (non-hydrogen) atoms. The average molecular weight is 505 g/mol. The predicted molar refractivity (Wildman–Crippen MR) is 122 cm³/mol. The van der Waals surface area contributed by atoms with Crippen LogP contribution in [-0.4, -0.2) is 49.8 Å². The van der Waals surface area contributed by atoms with Crippen molar-refractivity contribution < 1.29 is 32.2 Å². The van der Waals surface area contributed by atoms with E-state index >= 15 is 0 Å². The zero-order valence-electron chi connectivity index (χ0n) is 19.3. The van der Waals surface area contributed by atoms with Crippen LogP contribution in [0.5, 0.6) is 5.75 Å². The number of halogens is 4. The van der Waals surface area contributed by atoms with Crippen molar-refractivity contribution >= 4 is 35.5 Å². The molecule has 0 unspecified atom stereocenters. The molecule has 0 aromatic heterocycles. The third kappa shape index (κ3) is 6.78. The number of fused-ring (bicyclic) bond motifs is 1. The molecule has 0 radical (unpaired) electrons. The Morgan fingerprint density at radius 2 is 1.91 bits per heavy atom. The summed E-state index contributed by atoms with van der Waals surface area (Å²) in [4.78, 5) is 28.7. The summed E-state index contributed by atoms with van der Waals surface area (Å²) in [5.74, 6) is -2.14. The Morgan fingerprint density at radius 3 is 2.44 bits per heavy atom. The van der Waals surface area contributed by atoms with Gasteiger partial charge in [0, 0.05) is 17.1 Å².